The average molecular weight is 290 g/mol. The molecule has 1 unspecified atom stereocenters. The molecule has 1 aromatic carbocycles. The molecule has 0 spiro atoms. The van der Waals surface area contributed by atoms with Crippen LogP contribution in [0.2, 0.25) is 0 Å². The van der Waals surface area contributed by atoms with Crippen LogP contribution in [0.3, 0.4) is 0 Å². The second kappa shape index (κ2) is 5.20. The Hall–Kier alpha value is -2.37. The molecule has 0 N–H and O–H groups in total. The summed E-state index contributed by atoms with van der Waals surface area (Å²) in [5, 5.41) is 0. The van der Waals surface area contributed by atoms with Gasteiger partial charge in [-0.1, -0.05) is 0 Å². The van der Waals surface area contributed by atoms with Crippen molar-refractivity contribution < 1.29 is 13.9 Å². The second-order valence-electron chi connectivity index (χ2n) is 5.03. The van der Waals surface area contributed by atoms with E-state index in [4.69, 9.17) is 9.47 Å². The summed E-state index contributed by atoms with van der Waals surface area (Å²) in [6.07, 6.45) is 0.314. The Morgan fingerprint density at radius 3 is 3.05 bits per heavy atom. The number of benzene rings is 1. The molecule has 6 heteroatoms. The lowest BCUT2D eigenvalue weighted by molar-refractivity contribution is 0.197. The van der Waals surface area contributed by atoms with Gasteiger partial charge in [-0.3, -0.25) is 9.36 Å². The fourth-order valence-corrected chi connectivity index (χ4v) is 2.51. The molecule has 0 saturated heterocycles. The lowest BCUT2D eigenvalue weighted by Gasteiger charge is -2.15. The molecular weight excluding hydrogens is 275 g/mol. The molecule has 5 nitrogen and oxygen atoms in total. The molecule has 0 saturated carbocycles. The molecule has 0 fully saturated rings. The first-order chi connectivity index (χ1) is 10.1. The van der Waals surface area contributed by atoms with Gasteiger partial charge in [0.05, 0.1) is 13.7 Å². The van der Waals surface area contributed by atoms with Crippen LogP contribution in [-0.2, 0) is 13.0 Å². The van der Waals surface area contributed by atoms with Gasteiger partial charge in [0.25, 0.3) is 11.6 Å². The van der Waals surface area contributed by atoms with E-state index in [1.165, 1.54) is 29.9 Å². The first-order valence-electron chi connectivity index (χ1n) is 6.64. The SMILES string of the molecule is COc1nc(C)cc(=O)n1CC1Cc2cc(F)ccc2O1. The Morgan fingerprint density at radius 1 is 1.48 bits per heavy atom. The molecular formula is C15H15FN2O3. The first kappa shape index (κ1) is 13.6. The molecule has 1 aromatic heterocycles. The van der Waals surface area contributed by atoms with E-state index < -0.39 is 0 Å². The number of aryl methyl sites for hydroxylation is 1. The van der Waals surface area contributed by atoms with E-state index in [1.807, 2.05) is 0 Å². The predicted molar refractivity (Wildman–Crippen MR) is 74.3 cm³/mol. The molecule has 0 bridgehead atoms. The van der Waals surface area contributed by atoms with Gasteiger partial charge in [0, 0.05) is 23.7 Å². The number of hydrogen-bond donors (Lipinski definition) is 0. The molecule has 1 aliphatic rings. The van der Waals surface area contributed by atoms with Crippen molar-refractivity contribution in [2.75, 3.05) is 7.11 Å². The first-order valence-corrected chi connectivity index (χ1v) is 6.64. The van der Waals surface area contributed by atoms with E-state index >= 15 is 0 Å². The number of methoxy groups -OCH3 is 1. The number of halogens is 1. The minimum Gasteiger partial charge on any atom is -0.488 e. The van der Waals surface area contributed by atoms with E-state index in [1.54, 1.807) is 13.0 Å². The molecule has 1 aliphatic heterocycles. The van der Waals surface area contributed by atoms with E-state index in [2.05, 4.69) is 4.98 Å². The van der Waals surface area contributed by atoms with E-state index in [0.29, 0.717) is 24.4 Å². The maximum absolute atomic E-state index is 13.2. The van der Waals surface area contributed by atoms with Gasteiger partial charge in [0.15, 0.2) is 0 Å². The van der Waals surface area contributed by atoms with Crippen LogP contribution in [0, 0.1) is 12.7 Å². The number of aromatic nitrogens is 2. The summed E-state index contributed by atoms with van der Waals surface area (Å²) in [7, 11) is 1.47. The minimum absolute atomic E-state index is 0.190. The van der Waals surface area contributed by atoms with Gasteiger partial charge in [-0.15, -0.1) is 0 Å². The molecule has 0 aliphatic carbocycles. The summed E-state index contributed by atoms with van der Waals surface area (Å²) in [5.41, 5.74) is 1.22. The maximum Gasteiger partial charge on any atom is 0.299 e. The molecule has 0 radical (unpaired) electrons. The third kappa shape index (κ3) is 2.61. The highest BCUT2D eigenvalue weighted by atomic mass is 19.1. The van der Waals surface area contributed by atoms with Crippen LogP contribution in [0.15, 0.2) is 29.1 Å². The zero-order valence-electron chi connectivity index (χ0n) is 11.8. The van der Waals surface area contributed by atoms with Crippen molar-refractivity contribution in [1.82, 2.24) is 9.55 Å². The molecule has 3 rings (SSSR count). The largest absolute Gasteiger partial charge is 0.488 e. The summed E-state index contributed by atoms with van der Waals surface area (Å²) >= 11 is 0. The predicted octanol–water partition coefficient (Wildman–Crippen LogP) is 1.70. The van der Waals surface area contributed by atoms with Crippen LogP contribution >= 0.6 is 0 Å². The van der Waals surface area contributed by atoms with Crippen molar-refractivity contribution >= 4 is 0 Å². The Morgan fingerprint density at radius 2 is 2.29 bits per heavy atom. The van der Waals surface area contributed by atoms with Crippen molar-refractivity contribution in [1.29, 1.82) is 0 Å². The van der Waals surface area contributed by atoms with Gasteiger partial charge in [0.2, 0.25) is 0 Å². The monoisotopic (exact) mass is 290 g/mol. The quantitative estimate of drug-likeness (QED) is 0.863. The molecule has 1 atom stereocenters. The number of hydrogen-bond acceptors (Lipinski definition) is 4. The van der Waals surface area contributed by atoms with Crippen molar-refractivity contribution in [3.63, 3.8) is 0 Å². The van der Waals surface area contributed by atoms with E-state index in [-0.39, 0.29) is 23.5 Å². The van der Waals surface area contributed by atoms with Crippen molar-refractivity contribution in [3.05, 3.63) is 51.7 Å². The zero-order chi connectivity index (χ0) is 15.0. The molecule has 2 aromatic rings. The highest BCUT2D eigenvalue weighted by Gasteiger charge is 2.25. The van der Waals surface area contributed by atoms with Gasteiger partial charge in [-0.2, -0.15) is 0 Å². The van der Waals surface area contributed by atoms with Gasteiger partial charge >= 0.3 is 0 Å². The van der Waals surface area contributed by atoms with Gasteiger partial charge in [-0.05, 0) is 25.1 Å². The van der Waals surface area contributed by atoms with Crippen molar-refractivity contribution in [2.24, 2.45) is 0 Å². The third-order valence-corrected chi connectivity index (χ3v) is 3.43. The number of fused-ring (bicyclic) bond motifs is 1. The van der Waals surface area contributed by atoms with E-state index in [9.17, 15) is 9.18 Å². The maximum atomic E-state index is 13.2. The summed E-state index contributed by atoms with van der Waals surface area (Å²) in [6.45, 7) is 2.05. The molecule has 2 heterocycles. The summed E-state index contributed by atoms with van der Waals surface area (Å²) in [6, 6.07) is 6.14. The van der Waals surface area contributed by atoms with E-state index in [0.717, 1.165) is 5.56 Å². The Bertz CT molecular complexity index is 742. The Labute approximate surface area is 121 Å². The standard InChI is InChI=1S/C15H15FN2O3/c1-9-5-14(19)18(15(17-9)20-2)8-12-7-10-6-11(16)3-4-13(10)21-12/h3-6,12H,7-8H2,1-2H3. The highest BCUT2D eigenvalue weighted by molar-refractivity contribution is 5.37. The molecule has 21 heavy (non-hydrogen) atoms. The van der Waals surface area contributed by atoms with Crippen LogP contribution < -0.4 is 15.0 Å². The Kier molecular flexibility index (Phi) is 3.37. The van der Waals surface area contributed by atoms with Gasteiger partial charge in [-0.25, -0.2) is 9.37 Å². The molecule has 110 valence electrons. The Balaban J connectivity index is 1.85. The van der Waals surface area contributed by atoms with Gasteiger partial charge in [0.1, 0.15) is 17.7 Å². The third-order valence-electron chi connectivity index (χ3n) is 3.43. The highest BCUT2D eigenvalue weighted by Crippen LogP contribution is 2.30. The van der Waals surface area contributed by atoms with Crippen LogP contribution in [0.5, 0.6) is 11.8 Å². The summed E-state index contributed by atoms with van der Waals surface area (Å²) in [5.74, 6) is 0.373. The molecule has 0 amide bonds. The zero-order valence-corrected chi connectivity index (χ0v) is 11.8. The normalized spacial score (nSPS) is 16.4. The number of rotatable bonds is 3. The lowest BCUT2D eigenvalue weighted by atomic mass is 10.1. The number of nitrogens with zero attached hydrogens (tertiary/aromatic N) is 2. The fraction of sp³-hybridized carbons (Fsp3) is 0.333. The smallest absolute Gasteiger partial charge is 0.299 e. The second-order valence-corrected chi connectivity index (χ2v) is 5.03. The topological polar surface area (TPSA) is 53.3 Å². The van der Waals surface area contributed by atoms with Crippen molar-refractivity contribution in [3.8, 4) is 11.8 Å². The lowest BCUT2D eigenvalue weighted by Crippen LogP contribution is -2.30. The van der Waals surface area contributed by atoms with Crippen LogP contribution in [0.25, 0.3) is 0 Å². The summed E-state index contributed by atoms with van der Waals surface area (Å²) < 4.78 is 25.5. The van der Waals surface area contributed by atoms with Crippen LogP contribution in [0.4, 0.5) is 4.39 Å². The average Bonchev–Trinajstić information content (AvgIpc) is 2.83. The van der Waals surface area contributed by atoms with Crippen LogP contribution in [0.1, 0.15) is 11.3 Å². The van der Waals surface area contributed by atoms with Crippen LogP contribution in [-0.4, -0.2) is 22.8 Å². The minimum atomic E-state index is -0.287. The summed E-state index contributed by atoms with van der Waals surface area (Å²) in [4.78, 5) is 16.2. The number of ether oxygens (including phenoxy) is 2. The fourth-order valence-electron chi connectivity index (χ4n) is 2.51. The van der Waals surface area contributed by atoms with Crippen molar-refractivity contribution in [2.45, 2.75) is 26.0 Å². The van der Waals surface area contributed by atoms with Gasteiger partial charge < -0.3 is 9.47 Å².